The lowest BCUT2D eigenvalue weighted by atomic mass is 10.1. The van der Waals surface area contributed by atoms with Crippen molar-refractivity contribution < 1.29 is 5.11 Å². The molecule has 146 valence electrons. The maximum absolute atomic E-state index is 13.5. The summed E-state index contributed by atoms with van der Waals surface area (Å²) in [7, 11) is 0. The first-order valence-electron chi connectivity index (χ1n) is 9.68. The molecule has 0 bridgehead atoms. The van der Waals surface area contributed by atoms with E-state index in [2.05, 4.69) is 5.38 Å². The van der Waals surface area contributed by atoms with Crippen LogP contribution >= 0.6 is 23.1 Å². The summed E-state index contributed by atoms with van der Waals surface area (Å²) in [5.74, 6) is 0.927. The first-order chi connectivity index (χ1) is 14.2. The van der Waals surface area contributed by atoms with Crippen LogP contribution in [0.25, 0.3) is 15.9 Å². The molecule has 1 fully saturated rings. The van der Waals surface area contributed by atoms with Crippen LogP contribution in [0.4, 0.5) is 0 Å². The summed E-state index contributed by atoms with van der Waals surface area (Å²) >= 11 is 2.96. The van der Waals surface area contributed by atoms with Crippen molar-refractivity contribution >= 4 is 33.3 Å². The van der Waals surface area contributed by atoms with Crippen LogP contribution in [-0.2, 0) is 0 Å². The Hall–Kier alpha value is -2.41. The van der Waals surface area contributed by atoms with Gasteiger partial charge in [-0.05, 0) is 47.4 Å². The number of fused-ring (bicyclic) bond motifs is 1. The Balaban J connectivity index is 1.57. The van der Waals surface area contributed by atoms with E-state index in [1.165, 1.54) is 11.8 Å². The third-order valence-electron chi connectivity index (χ3n) is 5.19. The van der Waals surface area contributed by atoms with Gasteiger partial charge in [-0.2, -0.15) is 0 Å². The van der Waals surface area contributed by atoms with Crippen LogP contribution in [0.3, 0.4) is 0 Å². The molecule has 4 nitrogen and oxygen atoms in total. The van der Waals surface area contributed by atoms with Crippen LogP contribution in [-0.4, -0.2) is 20.4 Å². The molecule has 0 saturated heterocycles. The van der Waals surface area contributed by atoms with Gasteiger partial charge in [0, 0.05) is 5.75 Å². The lowest BCUT2D eigenvalue weighted by Crippen LogP contribution is -2.22. The number of rotatable bonds is 6. The van der Waals surface area contributed by atoms with Gasteiger partial charge in [0.1, 0.15) is 4.83 Å². The Labute approximate surface area is 176 Å². The lowest BCUT2D eigenvalue weighted by Gasteiger charge is -2.15. The largest absolute Gasteiger partial charge is 0.388 e. The smallest absolute Gasteiger partial charge is 0.267 e. The van der Waals surface area contributed by atoms with Crippen LogP contribution in [0.2, 0.25) is 0 Å². The summed E-state index contributed by atoms with van der Waals surface area (Å²) in [5.41, 5.74) is 2.80. The summed E-state index contributed by atoms with van der Waals surface area (Å²) in [6, 6.07) is 19.2. The third-order valence-corrected chi connectivity index (χ3v) is 7.10. The van der Waals surface area contributed by atoms with E-state index < -0.39 is 6.10 Å². The van der Waals surface area contributed by atoms with Gasteiger partial charge >= 0.3 is 0 Å². The zero-order valence-corrected chi connectivity index (χ0v) is 17.3. The quantitative estimate of drug-likeness (QED) is 0.346. The van der Waals surface area contributed by atoms with E-state index in [4.69, 9.17) is 4.98 Å². The summed E-state index contributed by atoms with van der Waals surface area (Å²) in [6.45, 7) is 0. The second kappa shape index (κ2) is 7.78. The third kappa shape index (κ3) is 3.64. The highest BCUT2D eigenvalue weighted by atomic mass is 32.2. The Bertz CT molecular complexity index is 1200. The molecule has 2 aromatic carbocycles. The number of hydrogen-bond acceptors (Lipinski definition) is 5. The minimum Gasteiger partial charge on any atom is -0.388 e. The number of benzene rings is 2. The van der Waals surface area contributed by atoms with E-state index in [0.717, 1.165) is 39.9 Å². The summed E-state index contributed by atoms with van der Waals surface area (Å²) in [4.78, 5) is 19.2. The lowest BCUT2D eigenvalue weighted by molar-refractivity contribution is 0.204. The van der Waals surface area contributed by atoms with E-state index in [9.17, 15) is 9.90 Å². The minimum atomic E-state index is -0.622. The molecule has 1 N–H and O–H groups in total. The number of thioether (sulfide) groups is 1. The number of aromatic nitrogens is 2. The van der Waals surface area contributed by atoms with Crippen LogP contribution in [0, 0.1) is 0 Å². The molecule has 1 aliphatic rings. The Morgan fingerprint density at radius 2 is 1.79 bits per heavy atom. The van der Waals surface area contributed by atoms with E-state index in [0.29, 0.717) is 16.8 Å². The monoisotopic (exact) mass is 420 g/mol. The van der Waals surface area contributed by atoms with Gasteiger partial charge in [-0.15, -0.1) is 11.3 Å². The zero-order valence-electron chi connectivity index (χ0n) is 15.7. The number of aliphatic hydroxyl groups excluding tert-OH is 1. The van der Waals surface area contributed by atoms with Crippen molar-refractivity contribution in [3.63, 3.8) is 0 Å². The Morgan fingerprint density at radius 1 is 1.10 bits per heavy atom. The number of hydrogen-bond donors (Lipinski definition) is 1. The topological polar surface area (TPSA) is 55.1 Å². The van der Waals surface area contributed by atoms with Gasteiger partial charge < -0.3 is 5.11 Å². The van der Waals surface area contributed by atoms with Crippen molar-refractivity contribution in [2.45, 2.75) is 30.0 Å². The maximum atomic E-state index is 13.5. The van der Waals surface area contributed by atoms with Gasteiger partial charge in [-0.1, -0.05) is 60.3 Å². The second-order valence-electron chi connectivity index (χ2n) is 7.25. The predicted molar refractivity (Wildman–Crippen MR) is 119 cm³/mol. The van der Waals surface area contributed by atoms with Gasteiger partial charge in [0.25, 0.3) is 5.56 Å². The predicted octanol–water partition coefficient (Wildman–Crippen LogP) is 5.15. The number of para-hydroxylation sites is 1. The van der Waals surface area contributed by atoms with Crippen LogP contribution in [0.1, 0.15) is 36.0 Å². The van der Waals surface area contributed by atoms with E-state index in [1.54, 1.807) is 15.9 Å². The summed E-state index contributed by atoms with van der Waals surface area (Å²) in [6.07, 6.45) is 1.68. The van der Waals surface area contributed by atoms with Crippen molar-refractivity contribution in [3.05, 3.63) is 87.5 Å². The fourth-order valence-electron chi connectivity index (χ4n) is 3.51. The van der Waals surface area contributed by atoms with Crippen molar-refractivity contribution in [3.8, 4) is 5.69 Å². The zero-order chi connectivity index (χ0) is 19.8. The normalized spacial score (nSPS) is 14.9. The number of nitrogens with zero attached hydrogens (tertiary/aromatic N) is 2. The van der Waals surface area contributed by atoms with Gasteiger partial charge in [0.2, 0.25) is 0 Å². The standard InChI is InChI=1S/C23H20N2O2S2/c26-19(16-7-3-1-4-8-16)14-29-23-24-21-20(18(13-28-21)15-11-12-15)22(27)25(23)17-9-5-2-6-10-17/h1-10,13,15,19,26H,11-12,14H2. The Kier molecular flexibility index (Phi) is 4.99. The molecule has 1 saturated carbocycles. The molecule has 4 aromatic rings. The molecule has 0 radical (unpaired) electrons. The van der Waals surface area contributed by atoms with Crippen LogP contribution in [0.15, 0.2) is 76.0 Å². The van der Waals surface area contributed by atoms with E-state index in [1.807, 2.05) is 60.7 Å². The average molecular weight is 421 g/mol. The molecular formula is C23H20N2O2S2. The van der Waals surface area contributed by atoms with Gasteiger partial charge in [-0.3, -0.25) is 9.36 Å². The van der Waals surface area contributed by atoms with E-state index in [-0.39, 0.29) is 5.56 Å². The average Bonchev–Trinajstić information content (AvgIpc) is 3.52. The van der Waals surface area contributed by atoms with Crippen LogP contribution < -0.4 is 5.56 Å². The molecule has 0 aliphatic heterocycles. The first kappa shape index (κ1) is 18.6. The fraction of sp³-hybridized carbons (Fsp3) is 0.217. The highest BCUT2D eigenvalue weighted by Crippen LogP contribution is 2.44. The molecule has 1 aliphatic carbocycles. The summed E-state index contributed by atoms with van der Waals surface area (Å²) in [5, 5.41) is 14.1. The van der Waals surface area contributed by atoms with Crippen molar-refractivity contribution in [1.29, 1.82) is 0 Å². The van der Waals surface area contributed by atoms with Gasteiger partial charge in [0.05, 0.1) is 17.2 Å². The molecule has 0 amide bonds. The molecule has 29 heavy (non-hydrogen) atoms. The molecule has 0 spiro atoms. The minimum absolute atomic E-state index is 0.0129. The highest BCUT2D eigenvalue weighted by Gasteiger charge is 2.29. The molecular weight excluding hydrogens is 400 g/mol. The molecule has 2 heterocycles. The van der Waals surface area contributed by atoms with Crippen LogP contribution in [0.5, 0.6) is 0 Å². The molecule has 1 atom stereocenters. The Morgan fingerprint density at radius 3 is 2.48 bits per heavy atom. The van der Waals surface area contributed by atoms with Gasteiger partial charge in [-0.25, -0.2) is 4.98 Å². The second-order valence-corrected chi connectivity index (χ2v) is 9.10. The summed E-state index contributed by atoms with van der Waals surface area (Å²) < 4.78 is 1.70. The van der Waals surface area contributed by atoms with E-state index >= 15 is 0 Å². The first-order valence-corrected chi connectivity index (χ1v) is 11.5. The maximum Gasteiger partial charge on any atom is 0.267 e. The number of aliphatic hydroxyl groups is 1. The molecule has 5 rings (SSSR count). The molecule has 6 heteroatoms. The van der Waals surface area contributed by atoms with Crippen molar-refractivity contribution in [2.24, 2.45) is 0 Å². The molecule has 1 unspecified atom stereocenters. The van der Waals surface area contributed by atoms with Crippen molar-refractivity contribution in [1.82, 2.24) is 9.55 Å². The van der Waals surface area contributed by atoms with Crippen molar-refractivity contribution in [2.75, 3.05) is 5.75 Å². The highest BCUT2D eigenvalue weighted by molar-refractivity contribution is 7.99. The fourth-order valence-corrected chi connectivity index (χ4v) is 5.56. The van der Waals surface area contributed by atoms with Gasteiger partial charge in [0.15, 0.2) is 5.16 Å². The SMILES string of the molecule is O=c1c2c(C3CC3)csc2nc(SCC(O)c2ccccc2)n1-c1ccccc1. The molecule has 2 aromatic heterocycles. The number of thiophene rings is 1.